The molecular weight excluding hydrogens is 390 g/mol. The number of halogens is 2. The molecule has 6 nitrogen and oxygen atoms in total. The highest BCUT2D eigenvalue weighted by Gasteiger charge is 2.30. The molecule has 2 amide bonds. The van der Waals surface area contributed by atoms with Gasteiger partial charge in [0.15, 0.2) is 9.84 Å². The van der Waals surface area contributed by atoms with Gasteiger partial charge in [-0.15, -0.1) is 0 Å². The van der Waals surface area contributed by atoms with Crippen molar-refractivity contribution in [1.82, 2.24) is 5.32 Å². The summed E-state index contributed by atoms with van der Waals surface area (Å²) in [5.41, 5.74) is 5.99. The average molecular weight is 410 g/mol. The molecule has 2 aromatic carbocycles. The van der Waals surface area contributed by atoms with Gasteiger partial charge in [0, 0.05) is 6.54 Å². The summed E-state index contributed by atoms with van der Waals surface area (Å²) in [6, 6.07) is 9.60. The van der Waals surface area contributed by atoms with Gasteiger partial charge in [-0.1, -0.05) is 12.1 Å². The smallest absolute Gasteiger partial charge is 0.238 e. The van der Waals surface area contributed by atoms with E-state index >= 15 is 0 Å². The third kappa shape index (κ3) is 5.35. The monoisotopic (exact) mass is 410 g/mol. The highest BCUT2D eigenvalue weighted by Crippen LogP contribution is 2.17. The first-order valence-electron chi connectivity index (χ1n) is 8.42. The molecule has 3 N–H and O–H groups in total. The van der Waals surface area contributed by atoms with Crippen molar-refractivity contribution in [2.24, 2.45) is 11.7 Å². The van der Waals surface area contributed by atoms with Crippen molar-refractivity contribution >= 4 is 21.7 Å². The molecule has 28 heavy (non-hydrogen) atoms. The quantitative estimate of drug-likeness (QED) is 0.645. The van der Waals surface area contributed by atoms with E-state index < -0.39 is 44.5 Å². The van der Waals surface area contributed by atoms with E-state index in [-0.39, 0.29) is 17.9 Å². The fourth-order valence-electron chi connectivity index (χ4n) is 2.52. The van der Waals surface area contributed by atoms with Gasteiger partial charge < -0.3 is 11.1 Å². The zero-order chi connectivity index (χ0) is 20.9. The minimum absolute atomic E-state index is 0.162. The minimum atomic E-state index is -4.02. The molecule has 0 bridgehead atoms. The van der Waals surface area contributed by atoms with Crippen LogP contribution >= 0.6 is 0 Å². The number of sulfone groups is 1. The van der Waals surface area contributed by atoms with Crippen molar-refractivity contribution in [3.05, 3.63) is 65.7 Å². The molecule has 2 atom stereocenters. The van der Waals surface area contributed by atoms with Gasteiger partial charge >= 0.3 is 0 Å². The van der Waals surface area contributed by atoms with Gasteiger partial charge in [-0.3, -0.25) is 9.59 Å². The molecular formula is C19H20F2N2O4S. The van der Waals surface area contributed by atoms with Crippen molar-refractivity contribution in [2.45, 2.75) is 23.5 Å². The molecule has 2 rings (SSSR count). The highest BCUT2D eigenvalue weighted by molar-refractivity contribution is 7.92. The summed E-state index contributed by atoms with van der Waals surface area (Å²) in [6.07, 6.45) is 0.162. The van der Waals surface area contributed by atoms with Crippen molar-refractivity contribution < 1.29 is 26.8 Å². The zero-order valence-corrected chi connectivity index (χ0v) is 15.9. The van der Waals surface area contributed by atoms with Crippen LogP contribution in [-0.4, -0.2) is 32.0 Å². The van der Waals surface area contributed by atoms with Crippen LogP contribution in [0, 0.1) is 17.6 Å². The Hall–Kier alpha value is -2.81. The van der Waals surface area contributed by atoms with Crippen molar-refractivity contribution in [3.63, 3.8) is 0 Å². The van der Waals surface area contributed by atoms with Gasteiger partial charge in [0.25, 0.3) is 0 Å². The lowest BCUT2D eigenvalue weighted by molar-refractivity contribution is -0.123. The number of amides is 2. The molecule has 0 saturated heterocycles. The van der Waals surface area contributed by atoms with E-state index in [0.717, 1.165) is 24.3 Å². The molecule has 0 saturated carbocycles. The Bertz CT molecular complexity index is 945. The fraction of sp³-hybridized carbons (Fsp3) is 0.263. The largest absolute Gasteiger partial charge is 0.369 e. The van der Waals surface area contributed by atoms with E-state index in [0.29, 0.717) is 5.56 Å². The Labute approximate surface area is 161 Å². The number of hydrogen-bond donors (Lipinski definition) is 2. The van der Waals surface area contributed by atoms with E-state index in [9.17, 15) is 26.8 Å². The molecule has 0 spiro atoms. The van der Waals surface area contributed by atoms with E-state index in [1.807, 2.05) is 0 Å². The van der Waals surface area contributed by atoms with Crippen LogP contribution in [0.5, 0.6) is 0 Å². The summed E-state index contributed by atoms with van der Waals surface area (Å²) in [5.74, 6) is -3.31. The summed E-state index contributed by atoms with van der Waals surface area (Å²) >= 11 is 0. The van der Waals surface area contributed by atoms with Crippen LogP contribution in [0.15, 0.2) is 53.4 Å². The predicted octanol–water partition coefficient (Wildman–Crippen LogP) is 1.59. The topological polar surface area (TPSA) is 106 Å². The highest BCUT2D eigenvalue weighted by atomic mass is 32.2. The standard InChI is InChI=1S/C19H20F2N2O4S/c1-12(28(26,27)17-8-6-16(21)7-9-17)19(25)23-11-14(18(22)24)10-13-2-4-15(20)5-3-13/h2-9,12,14H,10-11H2,1H3,(H2,22,24)(H,23,25). The Morgan fingerprint density at radius 3 is 2.00 bits per heavy atom. The molecule has 0 fully saturated rings. The van der Waals surface area contributed by atoms with Crippen LogP contribution < -0.4 is 11.1 Å². The summed E-state index contributed by atoms with van der Waals surface area (Å²) in [4.78, 5) is 23.7. The number of primary amides is 1. The molecule has 0 aliphatic rings. The van der Waals surface area contributed by atoms with Gasteiger partial charge in [-0.05, 0) is 55.3 Å². The molecule has 2 unspecified atom stereocenters. The van der Waals surface area contributed by atoms with Crippen molar-refractivity contribution in [2.75, 3.05) is 6.54 Å². The average Bonchev–Trinajstić information content (AvgIpc) is 2.65. The first-order chi connectivity index (χ1) is 13.1. The predicted molar refractivity (Wildman–Crippen MR) is 98.8 cm³/mol. The summed E-state index contributed by atoms with van der Waals surface area (Å²) < 4.78 is 50.9. The van der Waals surface area contributed by atoms with E-state index in [4.69, 9.17) is 5.73 Å². The Morgan fingerprint density at radius 2 is 1.50 bits per heavy atom. The maximum atomic E-state index is 13.0. The number of carbonyl (C=O) groups is 2. The third-order valence-electron chi connectivity index (χ3n) is 4.30. The third-order valence-corrected chi connectivity index (χ3v) is 6.37. The fourth-order valence-corrected chi connectivity index (χ4v) is 3.80. The lowest BCUT2D eigenvalue weighted by Crippen LogP contribution is -2.43. The molecule has 0 heterocycles. The second-order valence-electron chi connectivity index (χ2n) is 6.32. The maximum Gasteiger partial charge on any atom is 0.238 e. The van der Waals surface area contributed by atoms with Crippen LogP contribution in [0.1, 0.15) is 12.5 Å². The first-order valence-corrected chi connectivity index (χ1v) is 9.97. The number of hydrogen-bond acceptors (Lipinski definition) is 4. The van der Waals surface area contributed by atoms with Gasteiger partial charge in [-0.2, -0.15) is 0 Å². The Morgan fingerprint density at radius 1 is 1.00 bits per heavy atom. The minimum Gasteiger partial charge on any atom is -0.369 e. The summed E-state index contributed by atoms with van der Waals surface area (Å²) in [7, 11) is -4.02. The zero-order valence-electron chi connectivity index (χ0n) is 15.1. The van der Waals surface area contributed by atoms with Crippen molar-refractivity contribution in [3.8, 4) is 0 Å². The molecule has 0 aliphatic carbocycles. The number of rotatable bonds is 8. The van der Waals surface area contributed by atoms with Crippen LogP contribution in [0.4, 0.5) is 8.78 Å². The number of nitrogens with one attached hydrogen (secondary N) is 1. The van der Waals surface area contributed by atoms with E-state index in [2.05, 4.69) is 5.32 Å². The second-order valence-corrected chi connectivity index (χ2v) is 8.58. The SMILES string of the molecule is CC(C(=O)NCC(Cc1ccc(F)cc1)C(N)=O)S(=O)(=O)c1ccc(F)cc1. The number of benzene rings is 2. The maximum absolute atomic E-state index is 13.0. The summed E-state index contributed by atoms with van der Waals surface area (Å²) in [6.45, 7) is 1.03. The molecule has 0 radical (unpaired) electrons. The Kier molecular flexibility index (Phi) is 6.85. The van der Waals surface area contributed by atoms with Crippen LogP contribution in [-0.2, 0) is 25.8 Å². The molecule has 0 aliphatic heterocycles. The second kappa shape index (κ2) is 8.92. The van der Waals surface area contributed by atoms with Crippen LogP contribution in [0.2, 0.25) is 0 Å². The van der Waals surface area contributed by atoms with Gasteiger partial charge in [0.05, 0.1) is 10.8 Å². The lowest BCUT2D eigenvalue weighted by Gasteiger charge is -2.17. The molecule has 9 heteroatoms. The van der Waals surface area contributed by atoms with Gasteiger partial charge in [0.1, 0.15) is 16.9 Å². The first kappa shape index (κ1) is 21.5. The van der Waals surface area contributed by atoms with E-state index in [1.54, 1.807) is 0 Å². The van der Waals surface area contributed by atoms with Gasteiger partial charge in [-0.25, -0.2) is 17.2 Å². The van der Waals surface area contributed by atoms with Crippen molar-refractivity contribution in [1.29, 1.82) is 0 Å². The van der Waals surface area contributed by atoms with Crippen LogP contribution in [0.25, 0.3) is 0 Å². The molecule has 0 aromatic heterocycles. The normalized spacial score (nSPS) is 13.5. The molecule has 150 valence electrons. The van der Waals surface area contributed by atoms with Crippen LogP contribution in [0.3, 0.4) is 0 Å². The Balaban J connectivity index is 2.04. The van der Waals surface area contributed by atoms with E-state index in [1.165, 1.54) is 31.2 Å². The number of carbonyl (C=O) groups excluding carboxylic acids is 2. The summed E-state index contributed by atoms with van der Waals surface area (Å²) in [5, 5.41) is 0.969. The van der Waals surface area contributed by atoms with Gasteiger partial charge in [0.2, 0.25) is 11.8 Å². The lowest BCUT2D eigenvalue weighted by atomic mass is 9.98. The molecule has 2 aromatic rings. The number of nitrogens with two attached hydrogens (primary N) is 1.